The first-order valence-electron chi connectivity index (χ1n) is 9.90. The van der Waals surface area contributed by atoms with E-state index >= 15 is 0 Å². The number of piperidine rings is 1. The van der Waals surface area contributed by atoms with Crippen molar-refractivity contribution < 1.29 is 14.6 Å². The summed E-state index contributed by atoms with van der Waals surface area (Å²) >= 11 is 0. The van der Waals surface area contributed by atoms with E-state index in [-0.39, 0.29) is 17.9 Å². The minimum Gasteiger partial charge on any atom is -0.469 e. The molecular formula is C21H30N2O3. The zero-order chi connectivity index (χ0) is 18.3. The Hall–Kier alpha value is -1.59. The van der Waals surface area contributed by atoms with E-state index in [1.165, 1.54) is 12.7 Å². The Bertz CT molecular complexity index is 668. The highest BCUT2D eigenvalue weighted by atomic mass is 16.5. The van der Waals surface area contributed by atoms with Gasteiger partial charge in [0, 0.05) is 31.2 Å². The summed E-state index contributed by atoms with van der Waals surface area (Å²) in [7, 11) is 1.48. The molecule has 1 saturated heterocycles. The van der Waals surface area contributed by atoms with E-state index in [4.69, 9.17) is 4.74 Å². The second-order valence-electron chi connectivity index (χ2n) is 8.35. The molecule has 0 radical (unpaired) electrons. The van der Waals surface area contributed by atoms with Gasteiger partial charge in [-0.15, -0.1) is 0 Å². The van der Waals surface area contributed by atoms with E-state index in [0.717, 1.165) is 51.0 Å². The average molecular weight is 358 g/mol. The fraction of sp³-hybridized carbons (Fsp3) is 0.667. The number of aliphatic hydroxyl groups is 1. The molecule has 0 aromatic carbocycles. The smallest absolute Gasteiger partial charge is 0.314 e. The maximum absolute atomic E-state index is 12.7. The number of nitrogens with one attached hydrogen (secondary N) is 1. The number of esters is 1. The quantitative estimate of drug-likeness (QED) is 0.740. The zero-order valence-corrected chi connectivity index (χ0v) is 15.8. The molecule has 0 spiro atoms. The van der Waals surface area contributed by atoms with Gasteiger partial charge in [0.25, 0.3) is 0 Å². The van der Waals surface area contributed by atoms with Crippen molar-refractivity contribution in [1.29, 1.82) is 0 Å². The molecule has 2 bridgehead atoms. The van der Waals surface area contributed by atoms with E-state index < -0.39 is 5.60 Å². The molecule has 142 valence electrons. The Morgan fingerprint density at radius 2 is 2.23 bits per heavy atom. The highest BCUT2D eigenvalue weighted by Gasteiger charge is 2.44. The molecule has 0 aromatic rings. The summed E-state index contributed by atoms with van der Waals surface area (Å²) in [5, 5.41) is 14.6. The predicted molar refractivity (Wildman–Crippen MR) is 100 cm³/mol. The third kappa shape index (κ3) is 3.12. The number of nitrogens with zero attached hydrogens (tertiary/aromatic N) is 1. The van der Waals surface area contributed by atoms with E-state index in [1.807, 2.05) is 0 Å². The van der Waals surface area contributed by atoms with Crippen LogP contribution in [0.15, 0.2) is 35.6 Å². The molecule has 0 aromatic heterocycles. The summed E-state index contributed by atoms with van der Waals surface area (Å²) in [4.78, 5) is 15.1. The van der Waals surface area contributed by atoms with Crippen molar-refractivity contribution in [2.24, 2.45) is 17.8 Å². The van der Waals surface area contributed by atoms with Gasteiger partial charge >= 0.3 is 5.97 Å². The molecular weight excluding hydrogens is 328 g/mol. The number of carbonyl (C=O) groups is 1. The number of hydrogen-bond acceptors (Lipinski definition) is 5. The Kier molecular flexibility index (Phi) is 4.70. The van der Waals surface area contributed by atoms with Gasteiger partial charge in [-0.2, -0.15) is 0 Å². The van der Waals surface area contributed by atoms with Crippen LogP contribution < -0.4 is 5.32 Å². The first-order chi connectivity index (χ1) is 12.5. The van der Waals surface area contributed by atoms with Crippen LogP contribution in [0.4, 0.5) is 0 Å². The van der Waals surface area contributed by atoms with Crippen molar-refractivity contribution in [2.45, 2.75) is 44.2 Å². The number of methoxy groups -OCH3 is 1. The molecule has 5 heteroatoms. The Morgan fingerprint density at radius 1 is 1.42 bits per heavy atom. The first kappa shape index (κ1) is 17.8. The van der Waals surface area contributed by atoms with E-state index in [0.29, 0.717) is 11.8 Å². The lowest BCUT2D eigenvalue weighted by atomic mass is 9.79. The fourth-order valence-corrected chi connectivity index (χ4v) is 5.34. The lowest BCUT2D eigenvalue weighted by Gasteiger charge is -2.43. The van der Waals surface area contributed by atoms with E-state index in [1.54, 1.807) is 0 Å². The lowest BCUT2D eigenvalue weighted by molar-refractivity contribution is -0.145. The van der Waals surface area contributed by atoms with E-state index in [2.05, 4.69) is 41.4 Å². The molecule has 1 aliphatic carbocycles. The number of allylic oxidation sites excluding steroid dienone is 2. The Morgan fingerprint density at radius 3 is 3.00 bits per heavy atom. The standard InChI is InChI=1S/C21H30N2O3/c1-3-21(25)11-14-10-17(20(24)26-2)19-16(8-9-23(12-14)13-21)15-6-4-5-7-18(15)22-19/h4-7,14-15,17-18,22,25H,3,8-13H2,1-2H3/t14-,15?,17+,18?,21-/m0/s1. The van der Waals surface area contributed by atoms with Crippen LogP contribution in [-0.4, -0.2) is 54.4 Å². The summed E-state index contributed by atoms with van der Waals surface area (Å²) in [6.45, 7) is 4.69. The van der Waals surface area contributed by atoms with Gasteiger partial charge in [0.1, 0.15) is 0 Å². The minimum atomic E-state index is -0.637. The second-order valence-corrected chi connectivity index (χ2v) is 8.35. The third-order valence-corrected chi connectivity index (χ3v) is 6.67. The SMILES string of the molecule is CC[C@]1(O)C[C@@H]2C[C@@H](C(=O)OC)C3=C(CCN(C2)C1)C1C=CC=CC1N3. The highest BCUT2D eigenvalue weighted by Crippen LogP contribution is 2.41. The number of ether oxygens (including phenoxy) is 1. The summed E-state index contributed by atoms with van der Waals surface area (Å²) < 4.78 is 5.18. The number of rotatable bonds is 2. The number of carbonyl (C=O) groups excluding carboxylic acids is 1. The van der Waals surface area contributed by atoms with Gasteiger partial charge in [0.2, 0.25) is 0 Å². The monoisotopic (exact) mass is 358 g/mol. The zero-order valence-electron chi connectivity index (χ0n) is 15.8. The summed E-state index contributed by atoms with van der Waals surface area (Å²) in [6.07, 6.45) is 11.8. The van der Waals surface area contributed by atoms with Gasteiger partial charge in [-0.25, -0.2) is 0 Å². The topological polar surface area (TPSA) is 61.8 Å². The molecule has 1 fully saturated rings. The third-order valence-electron chi connectivity index (χ3n) is 6.67. The number of hydrogen-bond donors (Lipinski definition) is 2. The molecule has 3 heterocycles. The van der Waals surface area contributed by atoms with Crippen LogP contribution >= 0.6 is 0 Å². The van der Waals surface area contributed by atoms with Crippen LogP contribution in [0.2, 0.25) is 0 Å². The van der Waals surface area contributed by atoms with Crippen LogP contribution in [0.5, 0.6) is 0 Å². The molecule has 4 rings (SSSR count). The molecule has 6 atom stereocenters. The van der Waals surface area contributed by atoms with Crippen molar-refractivity contribution >= 4 is 5.97 Å². The van der Waals surface area contributed by atoms with Crippen molar-refractivity contribution in [3.05, 3.63) is 35.6 Å². The molecule has 2 N–H and O–H groups in total. The first-order valence-corrected chi connectivity index (χ1v) is 9.90. The summed E-state index contributed by atoms with van der Waals surface area (Å²) in [6, 6.07) is 0.249. The fourth-order valence-electron chi connectivity index (χ4n) is 5.34. The van der Waals surface area contributed by atoms with E-state index in [9.17, 15) is 9.90 Å². The molecule has 0 saturated carbocycles. The van der Waals surface area contributed by atoms with Gasteiger partial charge in [-0.3, -0.25) is 9.69 Å². The van der Waals surface area contributed by atoms with Crippen LogP contribution in [0.1, 0.15) is 32.6 Å². The van der Waals surface area contributed by atoms with Gasteiger partial charge < -0.3 is 15.2 Å². The van der Waals surface area contributed by atoms with Crippen molar-refractivity contribution in [3.8, 4) is 0 Å². The maximum atomic E-state index is 12.7. The summed E-state index contributed by atoms with van der Waals surface area (Å²) in [5.41, 5.74) is 1.79. The molecule has 26 heavy (non-hydrogen) atoms. The maximum Gasteiger partial charge on any atom is 0.314 e. The van der Waals surface area contributed by atoms with Gasteiger partial charge in [-0.1, -0.05) is 31.2 Å². The molecule has 5 nitrogen and oxygen atoms in total. The molecule has 0 amide bonds. The molecule has 3 unspecified atom stereocenters. The average Bonchev–Trinajstić information content (AvgIpc) is 3.02. The largest absolute Gasteiger partial charge is 0.469 e. The number of fused-ring (bicyclic) bond motifs is 4. The van der Waals surface area contributed by atoms with Crippen LogP contribution in [0, 0.1) is 17.8 Å². The second kappa shape index (κ2) is 6.86. The van der Waals surface area contributed by atoms with Crippen LogP contribution in [0.3, 0.4) is 0 Å². The van der Waals surface area contributed by atoms with Crippen molar-refractivity contribution in [2.75, 3.05) is 26.7 Å². The van der Waals surface area contributed by atoms with Crippen molar-refractivity contribution in [3.63, 3.8) is 0 Å². The van der Waals surface area contributed by atoms with Gasteiger partial charge in [-0.05, 0) is 37.2 Å². The van der Waals surface area contributed by atoms with Crippen LogP contribution in [-0.2, 0) is 9.53 Å². The highest BCUT2D eigenvalue weighted by molar-refractivity contribution is 5.76. The summed E-state index contributed by atoms with van der Waals surface area (Å²) in [5.74, 6) is 0.216. The molecule has 4 aliphatic rings. The Labute approximate surface area is 155 Å². The predicted octanol–water partition coefficient (Wildman–Crippen LogP) is 2.00. The van der Waals surface area contributed by atoms with Gasteiger partial charge in [0.05, 0.1) is 24.7 Å². The minimum absolute atomic E-state index is 0.157. The lowest BCUT2D eigenvalue weighted by Crippen LogP contribution is -2.52. The Balaban J connectivity index is 1.69. The molecule has 3 aliphatic heterocycles. The van der Waals surface area contributed by atoms with Crippen LogP contribution in [0.25, 0.3) is 0 Å². The van der Waals surface area contributed by atoms with Gasteiger partial charge in [0.15, 0.2) is 0 Å². The normalized spacial score (nSPS) is 41.4. The van der Waals surface area contributed by atoms with Crippen molar-refractivity contribution in [1.82, 2.24) is 10.2 Å².